The van der Waals surface area contributed by atoms with Gasteiger partial charge in [0.2, 0.25) is 0 Å². The molecular weight excluding hydrogens is 393 g/mol. The van der Waals surface area contributed by atoms with Gasteiger partial charge in [-0.15, -0.1) is 12.4 Å². The molecule has 2 aliphatic heterocycles. The second-order valence-corrected chi connectivity index (χ2v) is 7.63. The molecule has 4 nitrogen and oxygen atoms in total. The highest BCUT2D eigenvalue weighted by Gasteiger charge is 2.25. The van der Waals surface area contributed by atoms with Crippen molar-refractivity contribution in [2.75, 3.05) is 32.8 Å². The first-order valence-electron chi connectivity index (χ1n) is 10.1. The number of fused-ring (bicyclic) bond motifs is 1. The number of carbonyl (C=O) groups excluding carboxylic acids is 1. The molecule has 0 spiro atoms. The molecule has 6 heteroatoms. The van der Waals surface area contributed by atoms with E-state index in [1.165, 1.54) is 17.7 Å². The molecule has 4 rings (SSSR count). The zero-order valence-corrected chi connectivity index (χ0v) is 17.3. The van der Waals surface area contributed by atoms with Gasteiger partial charge in [-0.25, -0.2) is 4.39 Å². The van der Waals surface area contributed by atoms with Crippen molar-refractivity contribution in [2.24, 2.45) is 5.92 Å². The SMILES string of the molecule is Cl.O=C(CC1CCN(CCCc2cccc3c2OCCO3)C1)c1ccc(F)cc1. The fraction of sp³-hybridized carbons (Fsp3) is 0.435. The molecule has 0 amide bonds. The number of para-hydroxylation sites is 1. The van der Waals surface area contributed by atoms with Crippen molar-refractivity contribution in [3.05, 3.63) is 59.4 Å². The van der Waals surface area contributed by atoms with Crippen molar-refractivity contribution in [1.82, 2.24) is 4.90 Å². The lowest BCUT2D eigenvalue weighted by Gasteiger charge is -2.21. The van der Waals surface area contributed by atoms with Crippen LogP contribution in [0.3, 0.4) is 0 Å². The van der Waals surface area contributed by atoms with Gasteiger partial charge in [0.1, 0.15) is 19.0 Å². The van der Waals surface area contributed by atoms with Gasteiger partial charge >= 0.3 is 0 Å². The molecule has 0 bridgehead atoms. The van der Waals surface area contributed by atoms with Crippen molar-refractivity contribution >= 4 is 18.2 Å². The van der Waals surface area contributed by atoms with Crippen LogP contribution in [0.1, 0.15) is 35.2 Å². The zero-order chi connectivity index (χ0) is 19.3. The Balaban J connectivity index is 0.00000240. The van der Waals surface area contributed by atoms with Gasteiger partial charge in [-0.2, -0.15) is 0 Å². The lowest BCUT2D eigenvalue weighted by Crippen LogP contribution is -2.23. The molecule has 2 aliphatic rings. The maximum Gasteiger partial charge on any atom is 0.164 e. The minimum absolute atomic E-state index is 0. The van der Waals surface area contributed by atoms with Crippen molar-refractivity contribution < 1.29 is 18.7 Å². The first-order chi connectivity index (χ1) is 13.7. The second kappa shape index (κ2) is 10.1. The summed E-state index contributed by atoms with van der Waals surface area (Å²) < 4.78 is 24.4. The highest BCUT2D eigenvalue weighted by Crippen LogP contribution is 2.34. The van der Waals surface area contributed by atoms with Gasteiger partial charge in [0, 0.05) is 18.5 Å². The third-order valence-electron chi connectivity index (χ3n) is 5.58. The van der Waals surface area contributed by atoms with Gasteiger partial charge in [0.05, 0.1) is 0 Å². The molecular formula is C23H27ClFNO3. The number of Topliss-reactive ketones (excluding diaryl/α,β-unsaturated/α-hetero) is 1. The van der Waals surface area contributed by atoms with Crippen LogP contribution < -0.4 is 9.47 Å². The fourth-order valence-corrected chi connectivity index (χ4v) is 4.12. The normalized spacial score (nSPS) is 18.3. The smallest absolute Gasteiger partial charge is 0.164 e. The van der Waals surface area contributed by atoms with E-state index < -0.39 is 0 Å². The molecule has 2 aromatic rings. The molecule has 1 saturated heterocycles. The van der Waals surface area contributed by atoms with Gasteiger partial charge in [-0.3, -0.25) is 4.79 Å². The number of benzene rings is 2. The quantitative estimate of drug-likeness (QED) is 0.617. The molecule has 0 aromatic heterocycles. The Kier molecular flexibility index (Phi) is 7.51. The first kappa shape index (κ1) is 21.6. The number of likely N-dealkylation sites (tertiary alicyclic amines) is 1. The molecule has 29 heavy (non-hydrogen) atoms. The number of carbonyl (C=O) groups is 1. The van der Waals surface area contributed by atoms with Crippen LogP contribution in [-0.2, 0) is 6.42 Å². The van der Waals surface area contributed by atoms with Crippen molar-refractivity contribution in [3.8, 4) is 11.5 Å². The average molecular weight is 420 g/mol. The lowest BCUT2D eigenvalue weighted by molar-refractivity contribution is 0.0962. The zero-order valence-electron chi connectivity index (χ0n) is 16.4. The second-order valence-electron chi connectivity index (χ2n) is 7.63. The van der Waals surface area contributed by atoms with E-state index in [0.29, 0.717) is 31.1 Å². The minimum Gasteiger partial charge on any atom is -0.486 e. The number of ketones is 1. The average Bonchev–Trinajstić information content (AvgIpc) is 3.16. The Hall–Kier alpha value is -2.11. The van der Waals surface area contributed by atoms with Gasteiger partial charge < -0.3 is 14.4 Å². The van der Waals surface area contributed by atoms with Crippen LogP contribution in [0.2, 0.25) is 0 Å². The van der Waals surface area contributed by atoms with E-state index in [0.717, 1.165) is 50.4 Å². The number of aryl methyl sites for hydroxylation is 1. The molecule has 0 N–H and O–H groups in total. The van der Waals surface area contributed by atoms with Gasteiger partial charge in [-0.1, -0.05) is 12.1 Å². The van der Waals surface area contributed by atoms with Crippen LogP contribution in [-0.4, -0.2) is 43.5 Å². The standard InChI is InChI=1S/C23H26FNO3.ClH/c24-20-8-6-18(7-9-20)21(26)15-17-10-12-25(16-17)11-2-4-19-3-1-5-22-23(19)28-14-13-27-22;/h1,3,5-9,17H,2,4,10-16H2;1H. The summed E-state index contributed by atoms with van der Waals surface area (Å²) in [6.07, 6.45) is 3.60. The third-order valence-corrected chi connectivity index (χ3v) is 5.58. The van der Waals surface area contributed by atoms with Gasteiger partial charge in [-0.05, 0) is 74.2 Å². The highest BCUT2D eigenvalue weighted by molar-refractivity contribution is 5.96. The molecule has 156 valence electrons. The van der Waals surface area contributed by atoms with E-state index in [4.69, 9.17) is 9.47 Å². The molecule has 0 saturated carbocycles. The molecule has 1 unspecified atom stereocenters. The maximum atomic E-state index is 13.0. The summed E-state index contributed by atoms with van der Waals surface area (Å²) >= 11 is 0. The van der Waals surface area contributed by atoms with E-state index in [2.05, 4.69) is 11.0 Å². The summed E-state index contributed by atoms with van der Waals surface area (Å²) in [5.74, 6) is 1.95. The lowest BCUT2D eigenvalue weighted by atomic mass is 9.97. The topological polar surface area (TPSA) is 38.8 Å². The number of ether oxygens (including phenoxy) is 2. The highest BCUT2D eigenvalue weighted by atomic mass is 35.5. The largest absolute Gasteiger partial charge is 0.486 e. The van der Waals surface area contributed by atoms with E-state index in [9.17, 15) is 9.18 Å². The summed E-state index contributed by atoms with van der Waals surface area (Å²) in [4.78, 5) is 14.8. The number of hydrogen-bond donors (Lipinski definition) is 0. The van der Waals surface area contributed by atoms with Crippen molar-refractivity contribution in [3.63, 3.8) is 0 Å². The van der Waals surface area contributed by atoms with Gasteiger partial charge in [0.25, 0.3) is 0 Å². The van der Waals surface area contributed by atoms with Crippen LogP contribution in [0.25, 0.3) is 0 Å². The van der Waals surface area contributed by atoms with E-state index >= 15 is 0 Å². The molecule has 1 fully saturated rings. The molecule has 2 heterocycles. The van der Waals surface area contributed by atoms with Crippen LogP contribution in [0, 0.1) is 11.7 Å². The summed E-state index contributed by atoms with van der Waals surface area (Å²) in [6, 6.07) is 12.0. The van der Waals surface area contributed by atoms with E-state index in [1.54, 1.807) is 12.1 Å². The Morgan fingerprint density at radius 2 is 1.90 bits per heavy atom. The number of halogens is 2. The monoisotopic (exact) mass is 419 g/mol. The summed E-state index contributed by atoms with van der Waals surface area (Å²) in [6.45, 7) is 4.24. The predicted octanol–water partition coefficient (Wildman–Crippen LogP) is 4.55. The molecule has 1 atom stereocenters. The fourth-order valence-electron chi connectivity index (χ4n) is 4.12. The van der Waals surface area contributed by atoms with Crippen LogP contribution >= 0.6 is 12.4 Å². The minimum atomic E-state index is -0.305. The maximum absolute atomic E-state index is 13.0. The number of rotatable bonds is 7. The summed E-state index contributed by atoms with van der Waals surface area (Å²) in [7, 11) is 0. The number of hydrogen-bond acceptors (Lipinski definition) is 4. The third kappa shape index (κ3) is 5.49. The Morgan fingerprint density at radius 1 is 1.10 bits per heavy atom. The number of nitrogens with zero attached hydrogens (tertiary/aromatic N) is 1. The first-order valence-corrected chi connectivity index (χ1v) is 10.1. The molecule has 0 aliphatic carbocycles. The Bertz CT molecular complexity index is 827. The van der Waals surface area contributed by atoms with Crippen molar-refractivity contribution in [1.29, 1.82) is 0 Å². The van der Waals surface area contributed by atoms with Crippen molar-refractivity contribution in [2.45, 2.75) is 25.7 Å². The van der Waals surface area contributed by atoms with E-state index in [-0.39, 0.29) is 24.0 Å². The van der Waals surface area contributed by atoms with Crippen LogP contribution in [0.4, 0.5) is 4.39 Å². The Labute approximate surface area is 177 Å². The summed E-state index contributed by atoms with van der Waals surface area (Å²) in [5, 5.41) is 0. The van der Waals surface area contributed by atoms with E-state index in [1.807, 2.05) is 12.1 Å². The Morgan fingerprint density at radius 3 is 2.72 bits per heavy atom. The van der Waals surface area contributed by atoms with Gasteiger partial charge in [0.15, 0.2) is 17.3 Å². The van der Waals surface area contributed by atoms with Crippen LogP contribution in [0.15, 0.2) is 42.5 Å². The molecule has 2 aromatic carbocycles. The molecule has 0 radical (unpaired) electrons. The predicted molar refractivity (Wildman–Crippen MR) is 113 cm³/mol. The van der Waals surface area contributed by atoms with Crippen LogP contribution in [0.5, 0.6) is 11.5 Å². The summed E-state index contributed by atoms with van der Waals surface area (Å²) in [5.41, 5.74) is 1.82.